The summed E-state index contributed by atoms with van der Waals surface area (Å²) in [6.07, 6.45) is 4.54. The summed E-state index contributed by atoms with van der Waals surface area (Å²) in [6, 6.07) is 8.20. The largest absolute Gasteiger partial charge is 0.491 e. The van der Waals surface area contributed by atoms with E-state index in [4.69, 9.17) is 4.74 Å². The van der Waals surface area contributed by atoms with Gasteiger partial charge in [-0.2, -0.15) is 0 Å². The second-order valence-corrected chi connectivity index (χ2v) is 6.36. The number of aromatic nitrogens is 3. The van der Waals surface area contributed by atoms with E-state index in [0.29, 0.717) is 18.3 Å². The van der Waals surface area contributed by atoms with Crippen molar-refractivity contribution in [2.45, 2.75) is 31.3 Å². The molecule has 1 atom stereocenters. The topological polar surface area (TPSA) is 81.1 Å². The summed E-state index contributed by atoms with van der Waals surface area (Å²) in [5.41, 5.74) is 1.49. The molecule has 0 aliphatic carbocycles. The zero-order valence-electron chi connectivity index (χ0n) is 13.4. The predicted octanol–water partition coefficient (Wildman–Crippen LogP) is 0.936. The lowest BCUT2D eigenvalue weighted by Gasteiger charge is -2.25. The highest BCUT2D eigenvalue weighted by Gasteiger charge is 2.24. The van der Waals surface area contributed by atoms with Gasteiger partial charge in [-0.05, 0) is 44.0 Å². The van der Waals surface area contributed by atoms with E-state index in [0.717, 1.165) is 43.7 Å². The summed E-state index contributed by atoms with van der Waals surface area (Å²) in [5.74, 6) is 0.711. The van der Waals surface area contributed by atoms with Gasteiger partial charge in [0.2, 0.25) is 0 Å². The molecule has 2 aromatic rings. The summed E-state index contributed by atoms with van der Waals surface area (Å²) in [6.45, 7) is 2.43. The fraction of sp³-hybridized carbons (Fsp3) is 0.471. The summed E-state index contributed by atoms with van der Waals surface area (Å²) in [5, 5.41) is 14.5. The molecule has 1 saturated heterocycles. The van der Waals surface area contributed by atoms with E-state index in [1.165, 1.54) is 0 Å². The van der Waals surface area contributed by atoms with Crippen LogP contribution in [0.4, 0.5) is 0 Å². The Morgan fingerprint density at radius 1 is 1.29 bits per heavy atom. The van der Waals surface area contributed by atoms with Crippen molar-refractivity contribution in [2.75, 3.05) is 19.7 Å². The Hall–Kier alpha value is -2.41. The summed E-state index contributed by atoms with van der Waals surface area (Å²) < 4.78 is 7.53. The van der Waals surface area contributed by atoms with Gasteiger partial charge in [0.25, 0.3) is 5.91 Å². The number of nitrogens with zero attached hydrogens (tertiary/aromatic N) is 3. The number of hydrogen-bond donors (Lipinski definition) is 2. The molecule has 2 N–H and O–H groups in total. The molecule has 4 rings (SSSR count). The first-order chi connectivity index (χ1) is 11.8. The SMILES string of the molecule is O=C(NC1COc2ccccc2C1)c1cn(C2CCNCC2)nn1. The van der Waals surface area contributed by atoms with E-state index in [1.807, 2.05) is 28.9 Å². The third-order valence-electron chi connectivity index (χ3n) is 4.64. The summed E-state index contributed by atoms with van der Waals surface area (Å²) in [7, 11) is 0. The van der Waals surface area contributed by atoms with Gasteiger partial charge in [0.1, 0.15) is 12.4 Å². The molecule has 3 heterocycles. The van der Waals surface area contributed by atoms with Gasteiger partial charge in [0.05, 0.1) is 18.3 Å². The van der Waals surface area contributed by atoms with Crippen molar-refractivity contribution < 1.29 is 9.53 Å². The molecule has 126 valence electrons. The third-order valence-corrected chi connectivity index (χ3v) is 4.64. The van der Waals surface area contributed by atoms with Gasteiger partial charge < -0.3 is 15.4 Å². The minimum absolute atomic E-state index is 0.0450. The van der Waals surface area contributed by atoms with Crippen molar-refractivity contribution in [2.24, 2.45) is 0 Å². The molecule has 0 saturated carbocycles. The van der Waals surface area contributed by atoms with Crippen LogP contribution in [0, 0.1) is 0 Å². The maximum Gasteiger partial charge on any atom is 0.273 e. The molecule has 7 heteroatoms. The average Bonchev–Trinajstić information content (AvgIpc) is 3.13. The van der Waals surface area contributed by atoms with Crippen LogP contribution in [0.3, 0.4) is 0 Å². The molecule has 0 spiro atoms. The smallest absolute Gasteiger partial charge is 0.273 e. The number of carbonyl (C=O) groups excluding carboxylic acids is 1. The van der Waals surface area contributed by atoms with Gasteiger partial charge >= 0.3 is 0 Å². The van der Waals surface area contributed by atoms with Gasteiger partial charge in [-0.1, -0.05) is 23.4 Å². The maximum absolute atomic E-state index is 12.4. The summed E-state index contributed by atoms with van der Waals surface area (Å²) >= 11 is 0. The van der Waals surface area contributed by atoms with E-state index >= 15 is 0 Å². The number of benzene rings is 1. The van der Waals surface area contributed by atoms with Crippen LogP contribution in [0.15, 0.2) is 30.5 Å². The highest BCUT2D eigenvalue weighted by Crippen LogP contribution is 2.24. The second-order valence-electron chi connectivity index (χ2n) is 6.36. The highest BCUT2D eigenvalue weighted by molar-refractivity contribution is 5.92. The zero-order chi connectivity index (χ0) is 16.4. The first kappa shape index (κ1) is 15.1. The Kier molecular flexibility index (Phi) is 4.17. The first-order valence-electron chi connectivity index (χ1n) is 8.44. The molecule has 1 amide bonds. The van der Waals surface area contributed by atoms with E-state index in [1.54, 1.807) is 6.20 Å². The number of ether oxygens (including phenoxy) is 1. The quantitative estimate of drug-likeness (QED) is 0.877. The normalized spacial score (nSPS) is 20.9. The number of carbonyl (C=O) groups is 1. The van der Waals surface area contributed by atoms with Crippen LogP contribution in [0.2, 0.25) is 0 Å². The number of para-hydroxylation sites is 1. The predicted molar refractivity (Wildman–Crippen MR) is 88.1 cm³/mol. The average molecular weight is 327 g/mol. The van der Waals surface area contributed by atoms with Crippen LogP contribution in [0.25, 0.3) is 0 Å². The van der Waals surface area contributed by atoms with Crippen LogP contribution in [-0.4, -0.2) is 46.6 Å². The standard InChI is InChI=1S/C17H21N5O2/c23-17(15-10-22(21-20-15)14-5-7-18-8-6-14)19-13-9-12-3-1-2-4-16(12)24-11-13/h1-4,10,13-14,18H,5-9,11H2,(H,19,23). The fourth-order valence-corrected chi connectivity index (χ4v) is 3.31. The molecular formula is C17H21N5O2. The molecular weight excluding hydrogens is 306 g/mol. The Morgan fingerprint density at radius 3 is 3.00 bits per heavy atom. The molecule has 1 unspecified atom stereocenters. The third kappa shape index (κ3) is 3.12. The van der Waals surface area contributed by atoms with E-state index < -0.39 is 0 Å². The molecule has 1 aromatic carbocycles. The van der Waals surface area contributed by atoms with Crippen LogP contribution < -0.4 is 15.4 Å². The van der Waals surface area contributed by atoms with Crippen LogP contribution in [0.1, 0.15) is 34.9 Å². The molecule has 24 heavy (non-hydrogen) atoms. The van der Waals surface area contributed by atoms with Crippen molar-refractivity contribution in [3.8, 4) is 5.75 Å². The fourth-order valence-electron chi connectivity index (χ4n) is 3.31. The van der Waals surface area contributed by atoms with Crippen LogP contribution >= 0.6 is 0 Å². The summed E-state index contributed by atoms with van der Waals surface area (Å²) in [4.78, 5) is 12.4. The number of fused-ring (bicyclic) bond motifs is 1. The van der Waals surface area contributed by atoms with Crippen molar-refractivity contribution >= 4 is 5.91 Å². The minimum Gasteiger partial charge on any atom is -0.491 e. The number of nitrogens with one attached hydrogen (secondary N) is 2. The Morgan fingerprint density at radius 2 is 2.12 bits per heavy atom. The van der Waals surface area contributed by atoms with Crippen molar-refractivity contribution in [3.63, 3.8) is 0 Å². The van der Waals surface area contributed by atoms with Crippen molar-refractivity contribution in [3.05, 3.63) is 41.7 Å². The lowest BCUT2D eigenvalue weighted by molar-refractivity contribution is 0.0910. The van der Waals surface area contributed by atoms with Gasteiger partial charge in [-0.25, -0.2) is 4.68 Å². The molecule has 0 radical (unpaired) electrons. The Labute approximate surface area is 140 Å². The lowest BCUT2D eigenvalue weighted by Crippen LogP contribution is -2.42. The molecule has 0 bridgehead atoms. The van der Waals surface area contributed by atoms with E-state index in [2.05, 4.69) is 20.9 Å². The number of amides is 1. The highest BCUT2D eigenvalue weighted by atomic mass is 16.5. The second kappa shape index (κ2) is 6.60. The van der Waals surface area contributed by atoms with Crippen LogP contribution in [-0.2, 0) is 6.42 Å². The molecule has 2 aliphatic rings. The maximum atomic E-state index is 12.4. The Balaban J connectivity index is 1.39. The molecule has 7 nitrogen and oxygen atoms in total. The number of piperidine rings is 1. The van der Waals surface area contributed by atoms with Gasteiger partial charge in [-0.15, -0.1) is 5.10 Å². The molecule has 1 fully saturated rings. The Bertz CT molecular complexity index is 723. The van der Waals surface area contributed by atoms with Gasteiger partial charge in [0.15, 0.2) is 5.69 Å². The molecule has 2 aliphatic heterocycles. The van der Waals surface area contributed by atoms with Gasteiger partial charge in [-0.3, -0.25) is 4.79 Å². The van der Waals surface area contributed by atoms with Crippen molar-refractivity contribution in [1.82, 2.24) is 25.6 Å². The monoisotopic (exact) mass is 327 g/mol. The van der Waals surface area contributed by atoms with E-state index in [9.17, 15) is 4.79 Å². The number of hydrogen-bond acceptors (Lipinski definition) is 5. The zero-order valence-corrected chi connectivity index (χ0v) is 13.4. The van der Waals surface area contributed by atoms with Gasteiger partial charge in [0, 0.05) is 0 Å². The van der Waals surface area contributed by atoms with Crippen LogP contribution in [0.5, 0.6) is 5.75 Å². The van der Waals surface area contributed by atoms with E-state index in [-0.39, 0.29) is 11.9 Å². The lowest BCUT2D eigenvalue weighted by atomic mass is 10.0. The van der Waals surface area contributed by atoms with Crippen molar-refractivity contribution in [1.29, 1.82) is 0 Å². The minimum atomic E-state index is -0.192. The first-order valence-corrected chi connectivity index (χ1v) is 8.44. The number of rotatable bonds is 3. The molecule has 1 aromatic heterocycles.